The number of nitrogens with one attached hydrogen (secondary N) is 1. The van der Waals surface area contributed by atoms with E-state index in [1.165, 1.54) is 68.1 Å². The van der Waals surface area contributed by atoms with Gasteiger partial charge in [-0.05, 0) is 85.4 Å². The van der Waals surface area contributed by atoms with Crippen molar-refractivity contribution in [3.05, 3.63) is 89.5 Å². The Morgan fingerprint density at radius 1 is 0.788 bits per heavy atom. The molecule has 3 aromatic carbocycles. The molecule has 1 aliphatic rings. The summed E-state index contributed by atoms with van der Waals surface area (Å²) >= 11 is 0. The van der Waals surface area contributed by atoms with Gasteiger partial charge in [-0.3, -0.25) is 4.79 Å². The quantitative estimate of drug-likeness (QED) is 0.349. The van der Waals surface area contributed by atoms with Crippen LogP contribution in [0, 0.1) is 12.8 Å². The van der Waals surface area contributed by atoms with Gasteiger partial charge in [0.05, 0.1) is 0 Å². The van der Waals surface area contributed by atoms with E-state index in [2.05, 4.69) is 36.5 Å². The zero-order valence-electron chi connectivity index (χ0n) is 20.1. The Morgan fingerprint density at radius 3 is 2.00 bits per heavy atom. The second-order valence-electron chi connectivity index (χ2n) is 9.73. The zero-order valence-corrected chi connectivity index (χ0v) is 20.1. The van der Waals surface area contributed by atoms with Crippen molar-refractivity contribution in [3.63, 3.8) is 0 Å². The molecule has 172 valence electrons. The molecule has 3 aromatic rings. The highest BCUT2D eigenvalue weighted by Gasteiger charge is 2.22. The summed E-state index contributed by atoms with van der Waals surface area (Å²) < 4.78 is 0. The second kappa shape index (κ2) is 11.3. The first-order valence-electron chi connectivity index (χ1n) is 12.7. The van der Waals surface area contributed by atoms with Crippen LogP contribution in [0.4, 0.5) is 5.69 Å². The monoisotopic (exact) mass is 439 g/mol. The number of hydrogen-bond donors (Lipinski definition) is 1. The van der Waals surface area contributed by atoms with Crippen LogP contribution in [0.1, 0.15) is 85.7 Å². The third-order valence-electron chi connectivity index (χ3n) is 7.23. The topological polar surface area (TPSA) is 29.1 Å². The lowest BCUT2D eigenvalue weighted by atomic mass is 9.77. The van der Waals surface area contributed by atoms with Crippen LogP contribution in [-0.4, -0.2) is 5.91 Å². The molecule has 0 heterocycles. The highest BCUT2D eigenvalue weighted by Crippen LogP contribution is 2.38. The standard InChI is InChI=1S/C31H37NO/c1-3-4-5-6-24-9-11-25(12-10-24)26-13-15-27(16-14-26)28-17-19-29(20-18-28)31(33)32-30-21-7-23(2)8-22-30/h7-8,13-22,24-25H,3-6,9-12H2,1-2H3,(H,32,33). The molecule has 4 rings (SSSR count). The molecule has 1 fully saturated rings. The molecule has 0 unspecified atom stereocenters. The second-order valence-corrected chi connectivity index (χ2v) is 9.73. The van der Waals surface area contributed by atoms with Crippen molar-refractivity contribution in [2.45, 2.75) is 71.1 Å². The van der Waals surface area contributed by atoms with E-state index in [0.717, 1.165) is 17.2 Å². The molecule has 0 spiro atoms. The summed E-state index contributed by atoms with van der Waals surface area (Å²) in [6.07, 6.45) is 11.0. The third-order valence-corrected chi connectivity index (χ3v) is 7.23. The Hall–Kier alpha value is -2.87. The summed E-state index contributed by atoms with van der Waals surface area (Å²) in [6, 6.07) is 24.9. The fraction of sp³-hybridized carbons (Fsp3) is 0.387. The van der Waals surface area contributed by atoms with Crippen molar-refractivity contribution in [1.82, 2.24) is 0 Å². The maximum atomic E-state index is 12.6. The Kier molecular flexibility index (Phi) is 7.99. The summed E-state index contributed by atoms with van der Waals surface area (Å²) in [6.45, 7) is 4.33. The molecular formula is C31H37NO. The average molecular weight is 440 g/mol. The van der Waals surface area contributed by atoms with E-state index >= 15 is 0 Å². The summed E-state index contributed by atoms with van der Waals surface area (Å²) in [5.41, 5.74) is 6.51. The number of carbonyl (C=O) groups is 1. The van der Waals surface area contributed by atoms with Crippen LogP contribution < -0.4 is 5.32 Å². The van der Waals surface area contributed by atoms with E-state index in [-0.39, 0.29) is 5.91 Å². The Labute approximate surface area is 199 Å². The lowest BCUT2D eigenvalue weighted by molar-refractivity contribution is 0.102. The van der Waals surface area contributed by atoms with E-state index in [1.807, 2.05) is 55.5 Å². The lowest BCUT2D eigenvalue weighted by Gasteiger charge is -2.29. The highest BCUT2D eigenvalue weighted by atomic mass is 16.1. The first-order chi connectivity index (χ1) is 16.1. The van der Waals surface area contributed by atoms with E-state index in [9.17, 15) is 4.79 Å². The van der Waals surface area contributed by atoms with Crippen molar-refractivity contribution in [2.75, 3.05) is 5.32 Å². The van der Waals surface area contributed by atoms with Crippen LogP contribution in [-0.2, 0) is 0 Å². The van der Waals surface area contributed by atoms with E-state index in [4.69, 9.17) is 0 Å². The fourth-order valence-electron chi connectivity index (χ4n) is 5.07. The number of unbranched alkanes of at least 4 members (excludes halogenated alkanes) is 2. The van der Waals surface area contributed by atoms with Gasteiger partial charge < -0.3 is 5.32 Å². The number of rotatable bonds is 8. The van der Waals surface area contributed by atoms with Crippen LogP contribution in [0.5, 0.6) is 0 Å². The molecular weight excluding hydrogens is 402 g/mol. The van der Waals surface area contributed by atoms with Gasteiger partial charge in [-0.15, -0.1) is 0 Å². The number of amides is 1. The van der Waals surface area contributed by atoms with Gasteiger partial charge in [0, 0.05) is 11.3 Å². The van der Waals surface area contributed by atoms with Crippen molar-refractivity contribution >= 4 is 11.6 Å². The summed E-state index contributed by atoms with van der Waals surface area (Å²) in [7, 11) is 0. The van der Waals surface area contributed by atoms with Gasteiger partial charge in [0.2, 0.25) is 0 Å². The smallest absolute Gasteiger partial charge is 0.255 e. The van der Waals surface area contributed by atoms with Gasteiger partial charge in [-0.25, -0.2) is 0 Å². The SMILES string of the molecule is CCCCCC1CCC(c2ccc(-c3ccc(C(=O)Nc4ccc(C)cc4)cc3)cc2)CC1. The number of hydrogen-bond acceptors (Lipinski definition) is 1. The van der Waals surface area contributed by atoms with Crippen molar-refractivity contribution < 1.29 is 4.79 Å². The van der Waals surface area contributed by atoms with Crippen LogP contribution in [0.2, 0.25) is 0 Å². The Bertz CT molecular complexity index is 1010. The predicted octanol–water partition coefficient (Wildman–Crippen LogP) is 8.77. The van der Waals surface area contributed by atoms with Crippen LogP contribution >= 0.6 is 0 Å². The molecule has 0 radical (unpaired) electrons. The summed E-state index contributed by atoms with van der Waals surface area (Å²) in [5.74, 6) is 1.59. The minimum Gasteiger partial charge on any atom is -0.322 e. The maximum absolute atomic E-state index is 12.6. The van der Waals surface area contributed by atoms with Gasteiger partial charge >= 0.3 is 0 Å². The molecule has 0 aromatic heterocycles. The van der Waals surface area contributed by atoms with Crippen LogP contribution in [0.15, 0.2) is 72.8 Å². The van der Waals surface area contributed by atoms with Gasteiger partial charge in [-0.2, -0.15) is 0 Å². The van der Waals surface area contributed by atoms with E-state index < -0.39 is 0 Å². The Balaban J connectivity index is 1.32. The molecule has 1 amide bonds. The largest absolute Gasteiger partial charge is 0.322 e. The molecule has 33 heavy (non-hydrogen) atoms. The number of aryl methyl sites for hydroxylation is 1. The van der Waals surface area contributed by atoms with Gasteiger partial charge in [0.15, 0.2) is 0 Å². The molecule has 1 N–H and O–H groups in total. The first-order valence-corrected chi connectivity index (χ1v) is 12.7. The summed E-state index contributed by atoms with van der Waals surface area (Å²) in [5, 5.41) is 2.97. The first kappa shape index (κ1) is 23.3. The molecule has 0 saturated heterocycles. The predicted molar refractivity (Wildman–Crippen MR) is 140 cm³/mol. The Morgan fingerprint density at radius 2 is 1.39 bits per heavy atom. The maximum Gasteiger partial charge on any atom is 0.255 e. The van der Waals surface area contributed by atoms with Gasteiger partial charge in [0.1, 0.15) is 0 Å². The normalized spacial score (nSPS) is 18.1. The minimum atomic E-state index is -0.0777. The minimum absolute atomic E-state index is 0.0777. The highest BCUT2D eigenvalue weighted by molar-refractivity contribution is 6.04. The lowest BCUT2D eigenvalue weighted by Crippen LogP contribution is -2.13. The average Bonchev–Trinajstić information content (AvgIpc) is 2.86. The molecule has 0 aliphatic heterocycles. The van der Waals surface area contributed by atoms with Gasteiger partial charge in [-0.1, -0.05) is 86.7 Å². The van der Waals surface area contributed by atoms with Gasteiger partial charge in [0.25, 0.3) is 5.91 Å². The molecule has 2 heteroatoms. The van der Waals surface area contributed by atoms with Crippen LogP contribution in [0.25, 0.3) is 11.1 Å². The van der Waals surface area contributed by atoms with E-state index in [1.54, 1.807) is 0 Å². The number of carbonyl (C=O) groups excluding carboxylic acids is 1. The fourth-order valence-corrected chi connectivity index (χ4v) is 5.07. The van der Waals surface area contributed by atoms with E-state index in [0.29, 0.717) is 11.5 Å². The molecule has 0 bridgehead atoms. The van der Waals surface area contributed by atoms with Crippen molar-refractivity contribution in [2.24, 2.45) is 5.92 Å². The molecule has 1 saturated carbocycles. The summed E-state index contributed by atoms with van der Waals surface area (Å²) in [4.78, 5) is 12.6. The number of anilines is 1. The van der Waals surface area contributed by atoms with Crippen molar-refractivity contribution in [1.29, 1.82) is 0 Å². The van der Waals surface area contributed by atoms with Crippen LogP contribution in [0.3, 0.4) is 0 Å². The van der Waals surface area contributed by atoms with Crippen molar-refractivity contribution in [3.8, 4) is 11.1 Å². The number of benzene rings is 3. The third kappa shape index (κ3) is 6.35. The molecule has 0 atom stereocenters. The zero-order chi connectivity index (χ0) is 23.0. The molecule has 2 nitrogen and oxygen atoms in total. The molecule has 1 aliphatic carbocycles.